The van der Waals surface area contributed by atoms with Crippen molar-refractivity contribution in [2.24, 2.45) is 0 Å². The largest absolute Gasteiger partial charge is 0.461 e. The summed E-state index contributed by atoms with van der Waals surface area (Å²) in [6, 6.07) is 8.82. The van der Waals surface area contributed by atoms with Gasteiger partial charge in [-0.25, -0.2) is 26.0 Å². The smallest absolute Gasteiger partial charge is 0.356 e. The molecule has 0 saturated heterocycles. The van der Waals surface area contributed by atoms with Gasteiger partial charge in [-0.1, -0.05) is 30.3 Å². The third-order valence-corrected chi connectivity index (χ3v) is 6.63. The lowest BCUT2D eigenvalue weighted by molar-refractivity contribution is 0.0517. The zero-order valence-electron chi connectivity index (χ0n) is 17.8. The monoisotopic (exact) mass is 460 g/mol. The van der Waals surface area contributed by atoms with E-state index >= 15 is 0 Å². The van der Waals surface area contributed by atoms with E-state index in [1.54, 1.807) is 26.0 Å². The molecule has 6 nitrogen and oxygen atoms in total. The molecule has 0 fully saturated rings. The van der Waals surface area contributed by atoms with E-state index in [0.29, 0.717) is 22.3 Å². The van der Waals surface area contributed by atoms with Crippen molar-refractivity contribution in [1.29, 1.82) is 0 Å². The molecule has 0 atom stereocenters. The summed E-state index contributed by atoms with van der Waals surface area (Å²) in [6.45, 7) is 9.05. The maximum Gasteiger partial charge on any atom is 0.356 e. The number of esters is 1. The van der Waals surface area contributed by atoms with Crippen LogP contribution in [0.15, 0.2) is 60.3 Å². The van der Waals surface area contributed by atoms with Crippen molar-refractivity contribution in [1.82, 2.24) is 8.96 Å². The number of benzene rings is 1. The molecule has 32 heavy (non-hydrogen) atoms. The van der Waals surface area contributed by atoms with Crippen LogP contribution in [0.3, 0.4) is 0 Å². The second kappa shape index (κ2) is 9.04. The molecule has 0 unspecified atom stereocenters. The molecule has 2 aromatic heterocycles. The van der Waals surface area contributed by atoms with E-state index in [4.69, 9.17) is 4.74 Å². The molecule has 0 spiro atoms. The number of aryl methyl sites for hydroxylation is 1. The molecular weight excluding hydrogens is 438 g/mol. The van der Waals surface area contributed by atoms with Crippen LogP contribution in [0.2, 0.25) is 0 Å². The molecule has 0 aliphatic carbocycles. The van der Waals surface area contributed by atoms with Crippen LogP contribution >= 0.6 is 0 Å². The molecule has 0 saturated carbocycles. The van der Waals surface area contributed by atoms with E-state index in [0.717, 1.165) is 9.54 Å². The fraction of sp³-hybridized carbons (Fsp3) is 0.217. The van der Waals surface area contributed by atoms with Crippen LogP contribution in [0, 0.1) is 13.8 Å². The Kier molecular flexibility index (Phi) is 6.59. The summed E-state index contributed by atoms with van der Waals surface area (Å²) in [6.07, 6.45) is -0.186. The molecule has 2 heterocycles. The first-order chi connectivity index (χ1) is 15.1. The molecule has 1 aromatic carbocycles. The van der Waals surface area contributed by atoms with Gasteiger partial charge in [0.15, 0.2) is 0 Å². The number of hydrogen-bond acceptors (Lipinski definition) is 5. The van der Waals surface area contributed by atoms with Crippen LogP contribution in [0.5, 0.6) is 0 Å². The molecule has 0 radical (unpaired) electrons. The molecule has 0 aliphatic rings. The zero-order valence-corrected chi connectivity index (χ0v) is 18.6. The highest BCUT2D eigenvalue weighted by atomic mass is 32.2. The minimum absolute atomic E-state index is 0.00348. The van der Waals surface area contributed by atoms with E-state index in [9.17, 15) is 22.0 Å². The number of halogens is 2. The van der Waals surface area contributed by atoms with Gasteiger partial charge in [-0.15, -0.1) is 0 Å². The maximum atomic E-state index is 13.3. The van der Waals surface area contributed by atoms with Crippen molar-refractivity contribution in [3.63, 3.8) is 0 Å². The van der Waals surface area contributed by atoms with Gasteiger partial charge in [-0.3, -0.25) is 4.98 Å². The van der Waals surface area contributed by atoms with Gasteiger partial charge in [-0.05, 0) is 50.1 Å². The predicted octanol–water partition coefficient (Wildman–Crippen LogP) is 4.91. The number of aromatic nitrogens is 2. The average Bonchev–Trinajstić information content (AvgIpc) is 3.11. The first-order valence-electron chi connectivity index (χ1n) is 9.73. The van der Waals surface area contributed by atoms with Gasteiger partial charge < -0.3 is 4.74 Å². The normalized spacial score (nSPS) is 11.6. The first kappa shape index (κ1) is 23.3. The van der Waals surface area contributed by atoms with Crippen molar-refractivity contribution in [3.8, 4) is 0 Å². The molecule has 9 heteroatoms. The highest BCUT2D eigenvalue weighted by molar-refractivity contribution is 7.90. The number of rotatable bonds is 7. The van der Waals surface area contributed by atoms with Gasteiger partial charge in [0, 0.05) is 23.5 Å². The van der Waals surface area contributed by atoms with Crippen molar-refractivity contribution >= 4 is 21.6 Å². The molecule has 168 valence electrons. The summed E-state index contributed by atoms with van der Waals surface area (Å²) >= 11 is 0. The fourth-order valence-electron chi connectivity index (χ4n) is 3.20. The van der Waals surface area contributed by atoms with Gasteiger partial charge in [0.1, 0.15) is 11.4 Å². The molecule has 3 aromatic rings. The van der Waals surface area contributed by atoms with Crippen molar-refractivity contribution < 1.29 is 26.7 Å². The third kappa shape index (κ3) is 4.34. The number of pyridine rings is 1. The Morgan fingerprint density at radius 2 is 1.81 bits per heavy atom. The van der Waals surface area contributed by atoms with Crippen LogP contribution in [-0.2, 0) is 14.8 Å². The molecule has 0 aliphatic heterocycles. The summed E-state index contributed by atoms with van der Waals surface area (Å²) in [4.78, 5) is 16.4. The Morgan fingerprint density at radius 1 is 1.16 bits per heavy atom. The Bertz CT molecular complexity index is 1260. The number of carbonyl (C=O) groups is 1. The predicted molar refractivity (Wildman–Crippen MR) is 116 cm³/mol. The highest BCUT2D eigenvalue weighted by Gasteiger charge is 2.29. The van der Waals surface area contributed by atoms with Gasteiger partial charge >= 0.3 is 5.97 Å². The van der Waals surface area contributed by atoms with Crippen LogP contribution in [0.25, 0.3) is 5.57 Å². The summed E-state index contributed by atoms with van der Waals surface area (Å²) in [5, 5.41) is 0. The van der Waals surface area contributed by atoms with E-state index in [2.05, 4.69) is 11.6 Å². The number of alkyl halides is 2. The first-order valence-corrected chi connectivity index (χ1v) is 11.2. The quantitative estimate of drug-likeness (QED) is 0.468. The Hall–Kier alpha value is -3.33. The third-order valence-electron chi connectivity index (χ3n) is 4.96. The van der Waals surface area contributed by atoms with E-state index in [1.165, 1.54) is 36.7 Å². The Balaban J connectivity index is 2.16. The SMILES string of the molecule is C=C(c1ccc(C(F)F)nc1)c1cn(S(=O)(=O)c2ccc(C)cc2)c(C(=O)OCC)c1C. The second-order valence-corrected chi connectivity index (χ2v) is 8.92. The lowest BCUT2D eigenvalue weighted by Crippen LogP contribution is -2.20. The summed E-state index contributed by atoms with van der Waals surface area (Å²) in [5.41, 5.74) is 1.78. The van der Waals surface area contributed by atoms with Crippen molar-refractivity contribution in [3.05, 3.63) is 89.0 Å². The maximum absolute atomic E-state index is 13.3. The fourth-order valence-corrected chi connectivity index (χ4v) is 4.60. The molecule has 0 bridgehead atoms. The van der Waals surface area contributed by atoms with Crippen molar-refractivity contribution in [2.45, 2.75) is 32.1 Å². The molecule has 0 amide bonds. The summed E-state index contributed by atoms with van der Waals surface area (Å²) in [7, 11) is -4.13. The number of carbonyl (C=O) groups excluding carboxylic acids is 1. The highest BCUT2D eigenvalue weighted by Crippen LogP contribution is 2.31. The minimum atomic E-state index is -4.13. The average molecular weight is 461 g/mol. The van der Waals surface area contributed by atoms with Crippen LogP contribution < -0.4 is 0 Å². The van der Waals surface area contributed by atoms with E-state index < -0.39 is 22.4 Å². The number of nitrogens with zero attached hydrogens (tertiary/aromatic N) is 2. The molecule has 0 N–H and O–H groups in total. The second-order valence-electron chi connectivity index (χ2n) is 7.10. The minimum Gasteiger partial charge on any atom is -0.461 e. The summed E-state index contributed by atoms with van der Waals surface area (Å²) < 4.78 is 58.3. The van der Waals surface area contributed by atoms with Crippen LogP contribution in [-0.4, -0.2) is 30.0 Å². The van der Waals surface area contributed by atoms with E-state index in [1.807, 2.05) is 6.92 Å². The topological polar surface area (TPSA) is 78.3 Å². The van der Waals surface area contributed by atoms with Gasteiger partial charge in [0.05, 0.1) is 11.5 Å². The Labute approximate surface area is 185 Å². The lowest BCUT2D eigenvalue weighted by atomic mass is 9.99. The Morgan fingerprint density at radius 3 is 2.34 bits per heavy atom. The number of hydrogen-bond donors (Lipinski definition) is 0. The van der Waals surface area contributed by atoms with Crippen LogP contribution in [0.4, 0.5) is 8.78 Å². The standard InChI is InChI=1S/C23H22F2N2O4S/c1-5-31-23(28)21-16(4)19(15(3)17-8-11-20(22(24)25)26-12-17)13-27(21)32(29,30)18-9-6-14(2)7-10-18/h6-13,22H,3,5H2,1-2,4H3. The summed E-state index contributed by atoms with van der Waals surface area (Å²) in [5.74, 6) is -0.800. The van der Waals surface area contributed by atoms with Gasteiger partial charge in [0.2, 0.25) is 0 Å². The number of ether oxygens (including phenoxy) is 1. The van der Waals surface area contributed by atoms with Gasteiger partial charge in [-0.2, -0.15) is 0 Å². The van der Waals surface area contributed by atoms with Gasteiger partial charge in [0.25, 0.3) is 16.4 Å². The van der Waals surface area contributed by atoms with Crippen LogP contribution in [0.1, 0.15) is 51.8 Å². The van der Waals surface area contributed by atoms with Crippen molar-refractivity contribution in [2.75, 3.05) is 6.61 Å². The van der Waals surface area contributed by atoms with E-state index in [-0.39, 0.29) is 22.9 Å². The lowest BCUT2D eigenvalue weighted by Gasteiger charge is -2.11. The zero-order chi connectivity index (χ0) is 23.6. The molecular formula is C23H22F2N2O4S. The molecule has 3 rings (SSSR count).